The van der Waals surface area contributed by atoms with Crippen molar-refractivity contribution >= 4 is 22.4 Å². The van der Waals surface area contributed by atoms with Gasteiger partial charge in [0.1, 0.15) is 12.4 Å². The normalized spacial score (nSPS) is 21.5. The first-order valence-corrected chi connectivity index (χ1v) is 8.97. The van der Waals surface area contributed by atoms with Crippen molar-refractivity contribution in [1.29, 1.82) is 0 Å². The van der Waals surface area contributed by atoms with Gasteiger partial charge in [-0.3, -0.25) is 0 Å². The van der Waals surface area contributed by atoms with Crippen LogP contribution in [0.3, 0.4) is 0 Å². The highest BCUT2D eigenvalue weighted by atomic mass is 35.5. The van der Waals surface area contributed by atoms with E-state index in [2.05, 4.69) is 17.0 Å². The van der Waals surface area contributed by atoms with E-state index in [0.29, 0.717) is 25.0 Å². The summed E-state index contributed by atoms with van der Waals surface area (Å²) in [6, 6.07) is 6.77. The molecule has 2 unspecified atom stereocenters. The van der Waals surface area contributed by atoms with Crippen LogP contribution in [0.4, 0.5) is 0 Å². The summed E-state index contributed by atoms with van der Waals surface area (Å²) in [4.78, 5) is 0.262. The van der Waals surface area contributed by atoms with Gasteiger partial charge in [0.25, 0.3) is 0 Å². The highest BCUT2D eigenvalue weighted by molar-refractivity contribution is 7.89. The van der Waals surface area contributed by atoms with Crippen LogP contribution in [0.25, 0.3) is 0 Å². The van der Waals surface area contributed by atoms with Gasteiger partial charge in [0.15, 0.2) is 0 Å². The molecule has 6 nitrogen and oxygen atoms in total. The SMILES string of the molecule is COCCOc1ccc(S(=O)(=O)NC2CCNC(C)C2)cc1.Cl. The number of methoxy groups -OCH3 is 1. The summed E-state index contributed by atoms with van der Waals surface area (Å²) in [6.45, 7) is 3.83. The van der Waals surface area contributed by atoms with E-state index < -0.39 is 10.0 Å². The lowest BCUT2D eigenvalue weighted by Gasteiger charge is -2.28. The first-order chi connectivity index (χ1) is 10.5. The molecule has 1 heterocycles. The Morgan fingerprint density at radius 3 is 2.57 bits per heavy atom. The molecular weight excluding hydrogens is 340 g/mol. The Bertz CT molecular complexity index is 565. The molecule has 1 aromatic carbocycles. The molecule has 1 aromatic rings. The van der Waals surface area contributed by atoms with Crippen molar-refractivity contribution < 1.29 is 17.9 Å². The van der Waals surface area contributed by atoms with E-state index in [1.807, 2.05) is 0 Å². The standard InChI is InChI=1S/C15H24N2O4S.ClH/c1-12-11-13(7-8-16-12)17-22(18,19)15-5-3-14(4-6-15)21-10-9-20-2;/h3-6,12-13,16-17H,7-11H2,1-2H3;1H. The van der Waals surface area contributed by atoms with E-state index in [1.54, 1.807) is 31.4 Å². The van der Waals surface area contributed by atoms with Gasteiger partial charge in [-0.15, -0.1) is 12.4 Å². The molecule has 0 radical (unpaired) electrons. The monoisotopic (exact) mass is 364 g/mol. The lowest BCUT2D eigenvalue weighted by molar-refractivity contribution is 0.146. The summed E-state index contributed by atoms with van der Waals surface area (Å²) in [6.07, 6.45) is 1.61. The number of sulfonamides is 1. The maximum atomic E-state index is 12.4. The van der Waals surface area contributed by atoms with Gasteiger partial charge in [-0.1, -0.05) is 0 Å². The highest BCUT2D eigenvalue weighted by Gasteiger charge is 2.24. The Balaban J connectivity index is 0.00000264. The zero-order valence-electron chi connectivity index (χ0n) is 13.4. The smallest absolute Gasteiger partial charge is 0.240 e. The number of nitrogens with one attached hydrogen (secondary N) is 2. The van der Waals surface area contributed by atoms with Gasteiger partial charge in [-0.2, -0.15) is 0 Å². The lowest BCUT2D eigenvalue weighted by atomic mass is 10.0. The molecule has 2 rings (SSSR count). The largest absolute Gasteiger partial charge is 0.491 e. The molecule has 0 spiro atoms. The molecule has 1 saturated heterocycles. The maximum Gasteiger partial charge on any atom is 0.240 e. The van der Waals surface area contributed by atoms with Gasteiger partial charge in [0.05, 0.1) is 11.5 Å². The molecule has 2 atom stereocenters. The summed E-state index contributed by atoms with van der Waals surface area (Å²) in [5.41, 5.74) is 0. The molecule has 8 heteroatoms. The topological polar surface area (TPSA) is 76.7 Å². The van der Waals surface area contributed by atoms with E-state index >= 15 is 0 Å². The molecule has 2 N–H and O–H groups in total. The molecule has 1 aliphatic rings. The fourth-order valence-corrected chi connectivity index (χ4v) is 3.77. The molecule has 0 aromatic heterocycles. The average Bonchev–Trinajstić information content (AvgIpc) is 2.47. The summed E-state index contributed by atoms with van der Waals surface area (Å²) >= 11 is 0. The Morgan fingerprint density at radius 2 is 1.96 bits per heavy atom. The summed E-state index contributed by atoms with van der Waals surface area (Å²) in [5.74, 6) is 0.631. The van der Waals surface area contributed by atoms with Gasteiger partial charge >= 0.3 is 0 Å². The molecule has 1 aliphatic heterocycles. The second kappa shape index (κ2) is 9.44. The van der Waals surface area contributed by atoms with Crippen LogP contribution in [0.1, 0.15) is 19.8 Å². The quantitative estimate of drug-likeness (QED) is 0.718. The highest BCUT2D eigenvalue weighted by Crippen LogP contribution is 2.18. The molecule has 0 aliphatic carbocycles. The van der Waals surface area contributed by atoms with E-state index in [0.717, 1.165) is 19.4 Å². The minimum atomic E-state index is -3.48. The fourth-order valence-electron chi connectivity index (χ4n) is 2.48. The number of ether oxygens (including phenoxy) is 2. The zero-order valence-corrected chi connectivity index (χ0v) is 15.1. The summed E-state index contributed by atoms with van der Waals surface area (Å²) in [5, 5.41) is 3.31. The zero-order chi connectivity index (χ0) is 16.0. The van der Waals surface area contributed by atoms with Crippen LogP contribution in [-0.4, -0.2) is 47.4 Å². The average molecular weight is 365 g/mol. The lowest BCUT2D eigenvalue weighted by Crippen LogP contribution is -2.46. The third kappa shape index (κ3) is 6.27. The van der Waals surface area contributed by atoms with Crippen molar-refractivity contribution in [3.8, 4) is 5.75 Å². The number of benzene rings is 1. The number of piperidine rings is 1. The van der Waals surface area contributed by atoms with Crippen molar-refractivity contribution in [3.63, 3.8) is 0 Å². The van der Waals surface area contributed by atoms with Crippen LogP contribution in [-0.2, 0) is 14.8 Å². The second-order valence-electron chi connectivity index (χ2n) is 5.51. The molecule has 23 heavy (non-hydrogen) atoms. The predicted molar refractivity (Wildman–Crippen MR) is 91.9 cm³/mol. The van der Waals surface area contributed by atoms with Crippen molar-refractivity contribution in [1.82, 2.24) is 10.0 Å². The minimum Gasteiger partial charge on any atom is -0.491 e. The first kappa shape index (κ1) is 20.2. The summed E-state index contributed by atoms with van der Waals surface area (Å²) < 4.78 is 37.9. The Hall–Kier alpha value is -0.860. The van der Waals surface area contributed by atoms with Crippen molar-refractivity contribution in [2.75, 3.05) is 26.9 Å². The molecular formula is C15H25ClN2O4S. The van der Waals surface area contributed by atoms with Gasteiger partial charge in [-0.05, 0) is 50.6 Å². The third-order valence-corrected chi connectivity index (χ3v) is 5.17. The van der Waals surface area contributed by atoms with Crippen LogP contribution in [0.5, 0.6) is 5.75 Å². The van der Waals surface area contributed by atoms with Crippen LogP contribution in [0.15, 0.2) is 29.2 Å². The summed E-state index contributed by atoms with van der Waals surface area (Å²) in [7, 11) is -1.88. The van der Waals surface area contributed by atoms with E-state index in [1.165, 1.54) is 0 Å². The number of hydrogen-bond donors (Lipinski definition) is 2. The van der Waals surface area contributed by atoms with Crippen molar-refractivity contribution in [2.45, 2.75) is 36.7 Å². The van der Waals surface area contributed by atoms with Gasteiger partial charge < -0.3 is 14.8 Å². The molecule has 1 fully saturated rings. The number of rotatable bonds is 7. The number of halogens is 1. The van der Waals surface area contributed by atoms with Gasteiger partial charge in [0.2, 0.25) is 10.0 Å². The van der Waals surface area contributed by atoms with Gasteiger partial charge in [-0.25, -0.2) is 13.1 Å². The van der Waals surface area contributed by atoms with E-state index in [-0.39, 0.29) is 23.3 Å². The van der Waals surface area contributed by atoms with Gasteiger partial charge in [0, 0.05) is 19.2 Å². The molecule has 0 saturated carbocycles. The fraction of sp³-hybridized carbons (Fsp3) is 0.600. The van der Waals surface area contributed by atoms with Crippen LogP contribution in [0.2, 0.25) is 0 Å². The Labute approximate surface area is 144 Å². The Kier molecular flexibility index (Phi) is 8.28. The van der Waals surface area contributed by atoms with Crippen LogP contribution < -0.4 is 14.8 Å². The van der Waals surface area contributed by atoms with Crippen LogP contribution in [0, 0.1) is 0 Å². The maximum absolute atomic E-state index is 12.4. The minimum absolute atomic E-state index is 0. The molecule has 132 valence electrons. The molecule has 0 amide bonds. The second-order valence-corrected chi connectivity index (χ2v) is 7.22. The predicted octanol–water partition coefficient (Wildman–Crippen LogP) is 1.55. The third-order valence-electron chi connectivity index (χ3n) is 3.64. The van der Waals surface area contributed by atoms with Crippen molar-refractivity contribution in [3.05, 3.63) is 24.3 Å². The van der Waals surface area contributed by atoms with Crippen LogP contribution >= 0.6 is 12.4 Å². The van der Waals surface area contributed by atoms with E-state index in [4.69, 9.17) is 9.47 Å². The van der Waals surface area contributed by atoms with Crippen molar-refractivity contribution in [2.24, 2.45) is 0 Å². The Morgan fingerprint density at radius 1 is 1.26 bits per heavy atom. The number of hydrogen-bond acceptors (Lipinski definition) is 5. The molecule has 0 bridgehead atoms. The first-order valence-electron chi connectivity index (χ1n) is 7.49. The van der Waals surface area contributed by atoms with E-state index in [9.17, 15) is 8.42 Å².